The summed E-state index contributed by atoms with van der Waals surface area (Å²) in [6.07, 6.45) is 2.20. The zero-order valence-electron chi connectivity index (χ0n) is 23.5. The summed E-state index contributed by atoms with van der Waals surface area (Å²) in [5.41, 5.74) is 11.0. The molecule has 1 aliphatic heterocycles. The van der Waals surface area contributed by atoms with Crippen LogP contribution in [0.25, 0.3) is 33.4 Å². The van der Waals surface area contributed by atoms with Gasteiger partial charge in [-0.2, -0.15) is 0 Å². The third kappa shape index (κ3) is 3.79. The molecule has 1 aliphatic carbocycles. The highest BCUT2D eigenvalue weighted by atomic mass is 16.7. The Labute approximate surface area is 228 Å². The van der Waals surface area contributed by atoms with E-state index in [-0.39, 0.29) is 23.7 Å². The number of rotatable bonds is 5. The van der Waals surface area contributed by atoms with Crippen LogP contribution in [-0.2, 0) is 14.7 Å². The molecule has 6 rings (SSSR count). The predicted octanol–water partition coefficient (Wildman–Crippen LogP) is 8.41. The Kier molecular flexibility index (Phi) is 5.94. The quantitative estimate of drug-likeness (QED) is 0.256. The average molecular weight is 500 g/mol. The van der Waals surface area contributed by atoms with Crippen molar-refractivity contribution in [1.82, 2.24) is 0 Å². The molecule has 0 aromatic heterocycles. The maximum atomic E-state index is 6.32. The second-order valence-corrected chi connectivity index (χ2v) is 11.9. The predicted molar refractivity (Wildman–Crippen MR) is 160 cm³/mol. The van der Waals surface area contributed by atoms with Crippen LogP contribution in [0.4, 0.5) is 0 Å². The van der Waals surface area contributed by atoms with Crippen LogP contribution < -0.4 is 5.46 Å². The van der Waals surface area contributed by atoms with Crippen LogP contribution in [0.15, 0.2) is 91.0 Å². The third-order valence-corrected chi connectivity index (χ3v) is 9.42. The van der Waals surface area contributed by atoms with E-state index in [1.807, 2.05) is 0 Å². The Hall–Kier alpha value is -3.14. The maximum Gasteiger partial charge on any atom is 0.494 e. The molecule has 2 aliphatic rings. The highest BCUT2D eigenvalue weighted by Gasteiger charge is 2.51. The first kappa shape index (κ1) is 25.2. The lowest BCUT2D eigenvalue weighted by Crippen LogP contribution is -2.41. The molecule has 1 saturated heterocycles. The summed E-state index contributed by atoms with van der Waals surface area (Å²) >= 11 is 0. The standard InChI is InChI=1S/C35H37BO2/c1-7-35(8-2)31-18-10-9-17-29(31)30-20-19-27(23-32(30)35)25-14-11-13-24(21-25)26-15-12-16-28(22-26)36-37-33(3,4)34(5,6)38-36/h9-23H,7-8H2,1-6H3. The van der Waals surface area contributed by atoms with Gasteiger partial charge in [-0.25, -0.2) is 0 Å². The Morgan fingerprint density at radius 1 is 0.553 bits per heavy atom. The summed E-state index contributed by atoms with van der Waals surface area (Å²) < 4.78 is 12.6. The van der Waals surface area contributed by atoms with E-state index in [1.165, 1.54) is 44.5 Å². The van der Waals surface area contributed by atoms with Gasteiger partial charge in [0.15, 0.2) is 0 Å². The monoisotopic (exact) mass is 500 g/mol. The first-order valence-electron chi connectivity index (χ1n) is 14.0. The molecule has 2 nitrogen and oxygen atoms in total. The van der Waals surface area contributed by atoms with E-state index >= 15 is 0 Å². The second kappa shape index (κ2) is 8.97. The molecule has 3 heteroatoms. The minimum absolute atomic E-state index is 0.0801. The van der Waals surface area contributed by atoms with Crippen molar-refractivity contribution in [2.75, 3.05) is 0 Å². The van der Waals surface area contributed by atoms with Gasteiger partial charge in [0.05, 0.1) is 11.2 Å². The molecular weight excluding hydrogens is 463 g/mol. The lowest BCUT2D eigenvalue weighted by molar-refractivity contribution is 0.00578. The van der Waals surface area contributed by atoms with E-state index < -0.39 is 0 Å². The van der Waals surface area contributed by atoms with Gasteiger partial charge in [-0.1, -0.05) is 92.7 Å². The average Bonchev–Trinajstić information content (AvgIpc) is 3.34. The molecule has 0 unspecified atom stereocenters. The number of benzene rings is 4. The molecule has 1 heterocycles. The molecule has 0 radical (unpaired) electrons. The summed E-state index contributed by atoms with van der Waals surface area (Å²) in [5.74, 6) is 0. The summed E-state index contributed by atoms with van der Waals surface area (Å²) in [4.78, 5) is 0. The van der Waals surface area contributed by atoms with E-state index in [4.69, 9.17) is 9.31 Å². The first-order chi connectivity index (χ1) is 18.2. The van der Waals surface area contributed by atoms with E-state index in [1.54, 1.807) is 0 Å². The van der Waals surface area contributed by atoms with Gasteiger partial charge in [-0.05, 0) is 103 Å². The van der Waals surface area contributed by atoms with E-state index in [0.29, 0.717) is 0 Å². The number of hydrogen-bond acceptors (Lipinski definition) is 2. The summed E-state index contributed by atoms with van der Waals surface area (Å²) in [7, 11) is -0.363. The SMILES string of the molecule is CCC1(CC)c2ccccc2-c2ccc(-c3cccc(-c4cccc(B5OC(C)(C)C(C)(C)O5)c4)c3)cc21. The van der Waals surface area contributed by atoms with Gasteiger partial charge in [-0.15, -0.1) is 0 Å². The van der Waals surface area contributed by atoms with Gasteiger partial charge in [0.25, 0.3) is 0 Å². The molecule has 1 fully saturated rings. The lowest BCUT2D eigenvalue weighted by atomic mass is 9.73. The molecule has 0 saturated carbocycles. The van der Waals surface area contributed by atoms with Crippen molar-refractivity contribution in [2.45, 2.75) is 71.0 Å². The minimum atomic E-state index is -0.363. The van der Waals surface area contributed by atoms with Crippen molar-refractivity contribution in [3.05, 3.63) is 102 Å². The van der Waals surface area contributed by atoms with Crippen LogP contribution in [0.3, 0.4) is 0 Å². The molecule has 0 atom stereocenters. The Bertz CT molecular complexity index is 1500. The van der Waals surface area contributed by atoms with Gasteiger partial charge in [0.1, 0.15) is 0 Å². The topological polar surface area (TPSA) is 18.5 Å². The Morgan fingerprint density at radius 3 is 1.76 bits per heavy atom. The molecular formula is C35H37BO2. The summed E-state index contributed by atoms with van der Waals surface area (Å²) in [6, 6.07) is 33.5. The summed E-state index contributed by atoms with van der Waals surface area (Å²) in [6.45, 7) is 13.1. The molecule has 0 spiro atoms. The number of fused-ring (bicyclic) bond motifs is 3. The van der Waals surface area contributed by atoms with Crippen LogP contribution >= 0.6 is 0 Å². The molecule has 0 amide bonds. The van der Waals surface area contributed by atoms with Crippen LogP contribution in [0, 0.1) is 0 Å². The fraction of sp³-hybridized carbons (Fsp3) is 0.314. The highest BCUT2D eigenvalue weighted by molar-refractivity contribution is 6.62. The molecule has 192 valence electrons. The van der Waals surface area contributed by atoms with E-state index in [9.17, 15) is 0 Å². The Morgan fingerprint density at radius 2 is 1.11 bits per heavy atom. The number of hydrogen-bond donors (Lipinski definition) is 0. The largest absolute Gasteiger partial charge is 0.494 e. The van der Waals surface area contributed by atoms with Crippen LogP contribution in [0.1, 0.15) is 65.5 Å². The van der Waals surface area contributed by atoms with Gasteiger partial charge in [0.2, 0.25) is 0 Å². The molecule has 0 bridgehead atoms. The van der Waals surface area contributed by atoms with Crippen molar-refractivity contribution >= 4 is 12.6 Å². The smallest absolute Gasteiger partial charge is 0.399 e. The maximum absolute atomic E-state index is 6.32. The van der Waals surface area contributed by atoms with Crippen molar-refractivity contribution < 1.29 is 9.31 Å². The molecule has 4 aromatic rings. The summed E-state index contributed by atoms with van der Waals surface area (Å²) in [5, 5.41) is 0. The van der Waals surface area contributed by atoms with E-state index in [2.05, 4.69) is 133 Å². The van der Waals surface area contributed by atoms with Gasteiger partial charge >= 0.3 is 7.12 Å². The van der Waals surface area contributed by atoms with Crippen molar-refractivity contribution in [1.29, 1.82) is 0 Å². The third-order valence-electron chi connectivity index (χ3n) is 9.42. The fourth-order valence-corrected chi connectivity index (χ4v) is 6.37. The molecule has 0 N–H and O–H groups in total. The van der Waals surface area contributed by atoms with Crippen LogP contribution in [-0.4, -0.2) is 18.3 Å². The van der Waals surface area contributed by atoms with Gasteiger partial charge < -0.3 is 9.31 Å². The van der Waals surface area contributed by atoms with Gasteiger partial charge in [0, 0.05) is 5.41 Å². The zero-order chi connectivity index (χ0) is 26.7. The van der Waals surface area contributed by atoms with Crippen LogP contribution in [0.5, 0.6) is 0 Å². The molecule has 38 heavy (non-hydrogen) atoms. The highest BCUT2D eigenvalue weighted by Crippen LogP contribution is 2.53. The van der Waals surface area contributed by atoms with Crippen molar-refractivity contribution in [2.24, 2.45) is 0 Å². The second-order valence-electron chi connectivity index (χ2n) is 11.9. The fourth-order valence-electron chi connectivity index (χ4n) is 6.37. The Balaban J connectivity index is 1.37. The zero-order valence-corrected chi connectivity index (χ0v) is 23.5. The molecule has 4 aromatic carbocycles. The van der Waals surface area contributed by atoms with Crippen molar-refractivity contribution in [3.63, 3.8) is 0 Å². The minimum Gasteiger partial charge on any atom is -0.399 e. The lowest BCUT2D eigenvalue weighted by Gasteiger charge is -2.32. The van der Waals surface area contributed by atoms with Gasteiger partial charge in [-0.3, -0.25) is 0 Å². The van der Waals surface area contributed by atoms with Crippen molar-refractivity contribution in [3.8, 4) is 33.4 Å². The van der Waals surface area contributed by atoms with E-state index in [0.717, 1.165) is 18.3 Å². The van der Waals surface area contributed by atoms with Crippen LogP contribution in [0.2, 0.25) is 0 Å². The normalized spacial score (nSPS) is 18.3. The first-order valence-corrected chi connectivity index (χ1v) is 14.0.